The van der Waals surface area contributed by atoms with E-state index < -0.39 is 23.8 Å². The van der Waals surface area contributed by atoms with Crippen LogP contribution in [0, 0.1) is 12.8 Å². The molecule has 12 heteroatoms. The van der Waals surface area contributed by atoms with Crippen molar-refractivity contribution < 1.29 is 28.9 Å². The maximum atomic E-state index is 13.2. The number of hydrogen-bond acceptors (Lipinski definition) is 10. The number of aromatic nitrogens is 2. The predicted octanol–water partition coefficient (Wildman–Crippen LogP) is 4.09. The number of aryl methyl sites for hydroxylation is 1. The molecule has 0 fully saturated rings. The first kappa shape index (κ1) is 28.4. The van der Waals surface area contributed by atoms with Crippen molar-refractivity contribution in [3.05, 3.63) is 57.0 Å². The number of aromatic hydroxyl groups is 1. The van der Waals surface area contributed by atoms with Gasteiger partial charge in [-0.15, -0.1) is 0 Å². The molecule has 0 aliphatic carbocycles. The Morgan fingerprint density at radius 1 is 1.22 bits per heavy atom. The Labute approximate surface area is 224 Å². The van der Waals surface area contributed by atoms with E-state index in [1.165, 1.54) is 13.3 Å². The van der Waals surface area contributed by atoms with Crippen LogP contribution < -0.4 is 5.32 Å². The number of methoxy groups -OCH3 is 1. The molecule has 10 nitrogen and oxygen atoms in total. The molecule has 37 heavy (non-hydrogen) atoms. The fourth-order valence-electron chi connectivity index (χ4n) is 3.97. The summed E-state index contributed by atoms with van der Waals surface area (Å²) in [5, 5.41) is 13.0. The number of hydrogen-bond donors (Lipinski definition) is 2. The number of anilines is 1. The minimum absolute atomic E-state index is 0.00498. The number of rotatable bonds is 10. The Bertz CT molecular complexity index is 1230. The quantitative estimate of drug-likeness (QED) is 0.331. The molecular formula is C25H28Cl2N4O6. The smallest absolute Gasteiger partial charge is 0.336 e. The van der Waals surface area contributed by atoms with E-state index in [0.717, 1.165) is 0 Å². The summed E-state index contributed by atoms with van der Waals surface area (Å²) in [6.07, 6.45) is 1.31. The van der Waals surface area contributed by atoms with Crippen molar-refractivity contribution in [2.24, 2.45) is 10.9 Å². The zero-order valence-electron chi connectivity index (χ0n) is 20.9. The van der Waals surface area contributed by atoms with Crippen LogP contribution in [0.2, 0.25) is 10.0 Å². The molecule has 0 saturated carbocycles. The molecule has 1 aromatic heterocycles. The fourth-order valence-corrected chi connectivity index (χ4v) is 4.40. The van der Waals surface area contributed by atoms with Crippen molar-refractivity contribution >= 4 is 46.8 Å². The minimum atomic E-state index is -0.916. The fraction of sp³-hybridized carbons (Fsp3) is 0.400. The van der Waals surface area contributed by atoms with Gasteiger partial charge in [0.05, 0.1) is 60.1 Å². The zero-order valence-corrected chi connectivity index (χ0v) is 22.4. The Balaban J connectivity index is 1.91. The molecule has 2 atom stereocenters. The molecule has 0 amide bonds. The van der Waals surface area contributed by atoms with Gasteiger partial charge in [0.15, 0.2) is 5.75 Å². The average Bonchev–Trinajstić information content (AvgIpc) is 2.86. The highest BCUT2D eigenvalue weighted by atomic mass is 35.5. The molecule has 0 spiro atoms. The van der Waals surface area contributed by atoms with Crippen LogP contribution in [-0.4, -0.2) is 66.2 Å². The van der Waals surface area contributed by atoms with Gasteiger partial charge < -0.3 is 24.6 Å². The van der Waals surface area contributed by atoms with E-state index in [1.54, 1.807) is 39.0 Å². The van der Waals surface area contributed by atoms with E-state index in [1.807, 2.05) is 0 Å². The number of ether oxygens (including phenoxy) is 3. The lowest BCUT2D eigenvalue weighted by atomic mass is 9.75. The number of aliphatic imine (C=N–C) groups is 1. The molecule has 1 aliphatic heterocycles. The Morgan fingerprint density at radius 2 is 1.97 bits per heavy atom. The molecule has 0 bridgehead atoms. The lowest BCUT2D eigenvalue weighted by Gasteiger charge is -2.32. The van der Waals surface area contributed by atoms with Crippen LogP contribution in [0.15, 0.2) is 40.7 Å². The van der Waals surface area contributed by atoms with Crippen LogP contribution in [0.3, 0.4) is 0 Å². The number of benzene rings is 1. The summed E-state index contributed by atoms with van der Waals surface area (Å²) in [5.74, 6) is -2.63. The molecule has 1 aliphatic rings. The summed E-state index contributed by atoms with van der Waals surface area (Å²) in [7, 11) is 1.27. The molecule has 2 heterocycles. The Hall–Kier alpha value is -3.21. The van der Waals surface area contributed by atoms with Crippen LogP contribution in [0.1, 0.15) is 31.0 Å². The van der Waals surface area contributed by atoms with Crippen molar-refractivity contribution in [3.8, 4) is 5.75 Å². The second-order valence-corrected chi connectivity index (χ2v) is 8.88. The zero-order chi connectivity index (χ0) is 27.1. The number of esters is 2. The van der Waals surface area contributed by atoms with Gasteiger partial charge >= 0.3 is 11.9 Å². The molecule has 2 unspecified atom stereocenters. The summed E-state index contributed by atoms with van der Waals surface area (Å²) < 4.78 is 16.2. The second-order valence-electron chi connectivity index (χ2n) is 8.10. The third kappa shape index (κ3) is 6.57. The molecule has 3 rings (SSSR count). The summed E-state index contributed by atoms with van der Waals surface area (Å²) in [5.41, 5.74) is 1.82. The largest absolute Gasteiger partial charge is 0.504 e. The monoisotopic (exact) mass is 550 g/mol. The number of nitrogens with one attached hydrogen (secondary N) is 1. The highest BCUT2D eigenvalue weighted by molar-refractivity contribution is 6.42. The first-order valence-electron chi connectivity index (χ1n) is 11.5. The van der Waals surface area contributed by atoms with E-state index in [9.17, 15) is 14.7 Å². The second kappa shape index (κ2) is 12.8. The van der Waals surface area contributed by atoms with Gasteiger partial charge in [-0.3, -0.25) is 9.79 Å². The highest BCUT2D eigenvalue weighted by Crippen LogP contribution is 2.44. The lowest BCUT2D eigenvalue weighted by molar-refractivity contribution is -0.144. The van der Waals surface area contributed by atoms with Crippen molar-refractivity contribution in [2.45, 2.75) is 26.7 Å². The topological polar surface area (TPSA) is 132 Å². The molecule has 0 radical (unpaired) electrons. The van der Waals surface area contributed by atoms with Gasteiger partial charge in [-0.25, -0.2) is 14.8 Å². The highest BCUT2D eigenvalue weighted by Gasteiger charge is 2.44. The van der Waals surface area contributed by atoms with E-state index in [0.29, 0.717) is 35.2 Å². The van der Waals surface area contributed by atoms with Gasteiger partial charge in [0.2, 0.25) is 5.95 Å². The van der Waals surface area contributed by atoms with Gasteiger partial charge in [-0.1, -0.05) is 35.3 Å². The third-order valence-electron chi connectivity index (χ3n) is 5.71. The van der Waals surface area contributed by atoms with E-state index in [-0.39, 0.29) is 41.2 Å². The summed E-state index contributed by atoms with van der Waals surface area (Å²) in [6, 6.07) is 5.01. The summed E-state index contributed by atoms with van der Waals surface area (Å²) in [4.78, 5) is 38.7. The normalized spacial score (nSPS) is 17.3. The minimum Gasteiger partial charge on any atom is -0.504 e. The maximum absolute atomic E-state index is 13.2. The van der Waals surface area contributed by atoms with Gasteiger partial charge in [0.1, 0.15) is 5.92 Å². The molecule has 2 aromatic rings. The van der Waals surface area contributed by atoms with Crippen molar-refractivity contribution in [1.29, 1.82) is 0 Å². The SMILES string of the molecule is CCOC(=O)C1=C(COCCNc2ncc(O)c(C)n2)N=C(C)C(C(=O)OC)C1c1cccc(Cl)c1Cl. The number of carbonyl (C=O) groups is 2. The van der Waals surface area contributed by atoms with E-state index in [4.69, 9.17) is 37.4 Å². The summed E-state index contributed by atoms with van der Waals surface area (Å²) in [6.45, 7) is 5.68. The van der Waals surface area contributed by atoms with Crippen LogP contribution in [0.25, 0.3) is 0 Å². The van der Waals surface area contributed by atoms with Gasteiger partial charge in [-0.2, -0.15) is 0 Å². The maximum Gasteiger partial charge on any atom is 0.336 e. The van der Waals surface area contributed by atoms with Gasteiger partial charge in [0, 0.05) is 18.2 Å². The average molecular weight is 551 g/mol. The molecule has 0 saturated heterocycles. The van der Waals surface area contributed by atoms with Crippen LogP contribution >= 0.6 is 23.2 Å². The molecule has 1 aromatic carbocycles. The van der Waals surface area contributed by atoms with Gasteiger partial charge in [-0.05, 0) is 32.4 Å². The summed E-state index contributed by atoms with van der Waals surface area (Å²) >= 11 is 12.8. The van der Waals surface area contributed by atoms with Crippen molar-refractivity contribution in [1.82, 2.24) is 9.97 Å². The Morgan fingerprint density at radius 3 is 2.65 bits per heavy atom. The lowest BCUT2D eigenvalue weighted by Crippen LogP contribution is -2.37. The first-order valence-corrected chi connectivity index (χ1v) is 12.3. The van der Waals surface area contributed by atoms with Crippen molar-refractivity contribution in [2.75, 3.05) is 38.8 Å². The number of nitrogens with zero attached hydrogens (tertiary/aromatic N) is 3. The van der Waals surface area contributed by atoms with Gasteiger partial charge in [0.25, 0.3) is 0 Å². The number of halogens is 2. The third-order valence-corrected chi connectivity index (χ3v) is 6.54. The van der Waals surface area contributed by atoms with E-state index in [2.05, 4.69) is 20.3 Å². The number of carbonyl (C=O) groups excluding carboxylic acids is 2. The van der Waals surface area contributed by atoms with Crippen LogP contribution in [-0.2, 0) is 23.8 Å². The van der Waals surface area contributed by atoms with E-state index >= 15 is 0 Å². The Kier molecular flexibility index (Phi) is 9.85. The molecule has 2 N–H and O–H groups in total. The van der Waals surface area contributed by atoms with Crippen LogP contribution in [0.5, 0.6) is 5.75 Å². The standard InChI is InChI=1S/C25H28Cl2N4O6/c1-5-37-24(34)21-17(12-36-10-9-28-25-29-11-18(32)13(2)31-25)30-14(3)19(23(33)35-4)20(21)15-7-6-8-16(26)22(15)27/h6-8,11,19-20,32H,5,9-10,12H2,1-4H3,(H,28,29,31). The van der Waals surface area contributed by atoms with Crippen molar-refractivity contribution in [3.63, 3.8) is 0 Å². The van der Waals surface area contributed by atoms with Crippen LogP contribution in [0.4, 0.5) is 5.95 Å². The predicted molar refractivity (Wildman–Crippen MR) is 139 cm³/mol. The first-order chi connectivity index (χ1) is 17.7. The molecular weight excluding hydrogens is 523 g/mol. The molecule has 198 valence electrons.